The molecule has 0 radical (unpaired) electrons. The van der Waals surface area contributed by atoms with Crippen molar-refractivity contribution in [3.8, 4) is 0 Å². The highest BCUT2D eigenvalue weighted by Crippen LogP contribution is 2.22. The van der Waals surface area contributed by atoms with Gasteiger partial charge in [0.2, 0.25) is 0 Å². The van der Waals surface area contributed by atoms with E-state index in [1.807, 2.05) is 39.0 Å². The van der Waals surface area contributed by atoms with Crippen LogP contribution in [0.1, 0.15) is 61.5 Å². The number of nitrogens with zero attached hydrogens (tertiary/aromatic N) is 2. The summed E-state index contributed by atoms with van der Waals surface area (Å²) < 4.78 is 1.75. The molecule has 0 aliphatic carbocycles. The SMILES string of the molecule is Cc1cccc2c1cc(C(=O)NCC1CCN(CC3CCNCC3)CC1)c(=O)n2C(C)C. The van der Waals surface area contributed by atoms with Gasteiger partial charge in [0.1, 0.15) is 5.56 Å². The summed E-state index contributed by atoms with van der Waals surface area (Å²) in [6.07, 6.45) is 4.79. The monoisotopic (exact) mass is 438 g/mol. The van der Waals surface area contributed by atoms with Crippen LogP contribution in [0.4, 0.5) is 0 Å². The maximum absolute atomic E-state index is 13.2. The number of hydrogen-bond donors (Lipinski definition) is 2. The number of amides is 1. The fraction of sp³-hybridized carbons (Fsp3) is 0.615. The Hall–Kier alpha value is -2.18. The van der Waals surface area contributed by atoms with E-state index in [-0.39, 0.29) is 23.1 Å². The first-order valence-electron chi connectivity index (χ1n) is 12.3. The first-order chi connectivity index (χ1) is 15.4. The van der Waals surface area contributed by atoms with Crippen molar-refractivity contribution in [1.82, 2.24) is 20.1 Å². The largest absolute Gasteiger partial charge is 0.352 e. The summed E-state index contributed by atoms with van der Waals surface area (Å²) in [6, 6.07) is 7.72. The molecule has 2 N–H and O–H groups in total. The number of carbonyl (C=O) groups excluding carboxylic acids is 1. The van der Waals surface area contributed by atoms with Crippen LogP contribution in [-0.2, 0) is 0 Å². The number of hydrogen-bond acceptors (Lipinski definition) is 4. The van der Waals surface area contributed by atoms with Gasteiger partial charge in [0.25, 0.3) is 11.5 Å². The molecule has 6 heteroatoms. The van der Waals surface area contributed by atoms with Crippen molar-refractivity contribution in [3.05, 3.63) is 45.7 Å². The highest BCUT2D eigenvalue weighted by atomic mass is 16.2. The van der Waals surface area contributed by atoms with E-state index in [1.54, 1.807) is 10.6 Å². The summed E-state index contributed by atoms with van der Waals surface area (Å²) in [6.45, 7) is 12.4. The number of fused-ring (bicyclic) bond motifs is 1. The second-order valence-corrected chi connectivity index (χ2v) is 9.98. The molecule has 4 rings (SSSR count). The van der Waals surface area contributed by atoms with Gasteiger partial charge in [-0.05, 0) is 102 Å². The van der Waals surface area contributed by atoms with Gasteiger partial charge in [0.15, 0.2) is 0 Å². The van der Waals surface area contributed by atoms with E-state index < -0.39 is 0 Å². The summed E-state index contributed by atoms with van der Waals surface area (Å²) in [4.78, 5) is 28.8. The Morgan fingerprint density at radius 3 is 2.53 bits per heavy atom. The molecule has 2 fully saturated rings. The van der Waals surface area contributed by atoms with Crippen molar-refractivity contribution in [2.75, 3.05) is 39.3 Å². The predicted octanol–water partition coefficient (Wildman–Crippen LogP) is 3.33. The summed E-state index contributed by atoms with van der Waals surface area (Å²) in [7, 11) is 0. The molecule has 174 valence electrons. The van der Waals surface area contributed by atoms with Crippen molar-refractivity contribution in [1.29, 1.82) is 0 Å². The average molecular weight is 439 g/mol. The minimum atomic E-state index is -0.244. The normalized spacial score (nSPS) is 19.0. The molecule has 0 spiro atoms. The maximum atomic E-state index is 13.2. The molecular weight excluding hydrogens is 400 g/mol. The molecule has 2 saturated heterocycles. The van der Waals surface area contributed by atoms with E-state index in [0.717, 1.165) is 61.4 Å². The molecule has 2 aliphatic heterocycles. The second-order valence-electron chi connectivity index (χ2n) is 9.98. The quantitative estimate of drug-likeness (QED) is 0.726. The molecular formula is C26H38N4O2. The van der Waals surface area contributed by atoms with Gasteiger partial charge >= 0.3 is 0 Å². The summed E-state index contributed by atoms with van der Waals surface area (Å²) >= 11 is 0. The maximum Gasteiger partial charge on any atom is 0.264 e. The lowest BCUT2D eigenvalue weighted by atomic mass is 9.93. The van der Waals surface area contributed by atoms with Gasteiger partial charge in [0.05, 0.1) is 5.52 Å². The minimum absolute atomic E-state index is 0.0103. The molecule has 32 heavy (non-hydrogen) atoms. The van der Waals surface area contributed by atoms with Gasteiger partial charge in [-0.3, -0.25) is 9.59 Å². The van der Waals surface area contributed by atoms with Gasteiger partial charge < -0.3 is 20.1 Å². The van der Waals surface area contributed by atoms with Crippen LogP contribution >= 0.6 is 0 Å². The topological polar surface area (TPSA) is 66.4 Å². The van der Waals surface area contributed by atoms with Crippen LogP contribution in [0, 0.1) is 18.8 Å². The Kier molecular flexibility index (Phi) is 7.31. The second kappa shape index (κ2) is 10.2. The van der Waals surface area contributed by atoms with Gasteiger partial charge in [0, 0.05) is 24.5 Å². The Morgan fingerprint density at radius 1 is 1.12 bits per heavy atom. The number of benzene rings is 1. The number of aromatic nitrogens is 1. The first kappa shape index (κ1) is 23.0. The van der Waals surface area contributed by atoms with E-state index in [0.29, 0.717) is 12.5 Å². The third kappa shape index (κ3) is 5.07. The number of nitrogens with one attached hydrogen (secondary N) is 2. The number of piperidine rings is 2. The summed E-state index contributed by atoms with van der Waals surface area (Å²) in [5, 5.41) is 7.49. The van der Waals surface area contributed by atoms with Crippen molar-refractivity contribution in [2.45, 2.75) is 52.5 Å². The van der Waals surface area contributed by atoms with Crippen LogP contribution in [-0.4, -0.2) is 54.6 Å². The van der Waals surface area contributed by atoms with Gasteiger partial charge in [-0.15, -0.1) is 0 Å². The van der Waals surface area contributed by atoms with Crippen molar-refractivity contribution >= 4 is 16.8 Å². The van der Waals surface area contributed by atoms with Crippen LogP contribution in [0.2, 0.25) is 0 Å². The number of likely N-dealkylation sites (tertiary alicyclic amines) is 1. The Morgan fingerprint density at radius 2 is 1.84 bits per heavy atom. The molecule has 1 aromatic carbocycles. The van der Waals surface area contributed by atoms with Gasteiger partial charge in [-0.1, -0.05) is 12.1 Å². The lowest BCUT2D eigenvalue weighted by molar-refractivity contribution is 0.0929. The highest BCUT2D eigenvalue weighted by Gasteiger charge is 2.24. The minimum Gasteiger partial charge on any atom is -0.352 e. The fourth-order valence-corrected chi connectivity index (χ4v) is 5.32. The zero-order valence-corrected chi connectivity index (χ0v) is 19.8. The fourth-order valence-electron chi connectivity index (χ4n) is 5.32. The molecule has 0 unspecified atom stereocenters. The van der Waals surface area contributed by atoms with Crippen LogP contribution in [0.25, 0.3) is 10.9 Å². The van der Waals surface area contributed by atoms with Crippen LogP contribution in [0.3, 0.4) is 0 Å². The summed E-state index contributed by atoms with van der Waals surface area (Å²) in [5.41, 5.74) is 2.02. The van der Waals surface area contributed by atoms with E-state index in [1.165, 1.54) is 19.4 Å². The Labute approximate surface area is 191 Å². The molecule has 3 heterocycles. The van der Waals surface area contributed by atoms with Crippen molar-refractivity contribution in [3.63, 3.8) is 0 Å². The average Bonchev–Trinajstić information content (AvgIpc) is 2.78. The van der Waals surface area contributed by atoms with E-state index >= 15 is 0 Å². The molecule has 2 aromatic rings. The van der Waals surface area contributed by atoms with Crippen LogP contribution in [0.15, 0.2) is 29.1 Å². The Balaban J connectivity index is 1.38. The zero-order chi connectivity index (χ0) is 22.7. The molecule has 6 nitrogen and oxygen atoms in total. The zero-order valence-electron chi connectivity index (χ0n) is 19.8. The van der Waals surface area contributed by atoms with Crippen molar-refractivity contribution in [2.24, 2.45) is 11.8 Å². The molecule has 1 amide bonds. The number of rotatable bonds is 6. The third-order valence-corrected chi connectivity index (χ3v) is 7.29. The van der Waals surface area contributed by atoms with E-state index in [4.69, 9.17) is 0 Å². The van der Waals surface area contributed by atoms with E-state index in [9.17, 15) is 9.59 Å². The molecule has 1 aromatic heterocycles. The van der Waals surface area contributed by atoms with Gasteiger partial charge in [-0.2, -0.15) is 0 Å². The van der Waals surface area contributed by atoms with Crippen LogP contribution in [0.5, 0.6) is 0 Å². The highest BCUT2D eigenvalue weighted by molar-refractivity contribution is 5.98. The van der Waals surface area contributed by atoms with Crippen molar-refractivity contribution < 1.29 is 4.79 Å². The van der Waals surface area contributed by atoms with E-state index in [2.05, 4.69) is 15.5 Å². The molecule has 0 bridgehead atoms. The molecule has 2 aliphatic rings. The molecule has 0 saturated carbocycles. The third-order valence-electron chi connectivity index (χ3n) is 7.29. The van der Waals surface area contributed by atoms with Gasteiger partial charge in [-0.25, -0.2) is 0 Å². The summed E-state index contributed by atoms with van der Waals surface area (Å²) in [5.74, 6) is 1.07. The number of carbonyl (C=O) groups is 1. The standard InChI is InChI=1S/C26H38N4O2/c1-18(2)30-24-6-4-5-19(3)22(24)15-23(26(30)32)25(31)28-16-20-9-13-29(14-10-20)17-21-7-11-27-12-8-21/h4-6,15,18,20-21,27H,7-14,16-17H2,1-3H3,(H,28,31). The lowest BCUT2D eigenvalue weighted by Crippen LogP contribution is -2.43. The lowest BCUT2D eigenvalue weighted by Gasteiger charge is -2.35. The predicted molar refractivity (Wildman–Crippen MR) is 130 cm³/mol. The number of pyridine rings is 1. The van der Waals surface area contributed by atoms with Crippen LogP contribution < -0.4 is 16.2 Å². The Bertz CT molecular complexity index is 999. The number of aryl methyl sites for hydroxylation is 1. The smallest absolute Gasteiger partial charge is 0.264 e. The molecule has 0 atom stereocenters. The first-order valence-corrected chi connectivity index (χ1v) is 12.3.